The highest BCUT2D eigenvalue weighted by Gasteiger charge is 2.12. The Labute approximate surface area is 113 Å². The highest BCUT2D eigenvalue weighted by atomic mass is 19.1. The normalized spacial score (nSPS) is 11.1. The largest absolute Gasteiger partial charge is 0.488 e. The van der Waals surface area contributed by atoms with Crippen molar-refractivity contribution < 1.29 is 13.5 Å². The van der Waals surface area contributed by atoms with Gasteiger partial charge in [-0.2, -0.15) is 0 Å². The van der Waals surface area contributed by atoms with Crippen molar-refractivity contribution in [2.75, 3.05) is 33.8 Å². The van der Waals surface area contributed by atoms with E-state index in [1.807, 2.05) is 25.9 Å². The van der Waals surface area contributed by atoms with Crippen molar-refractivity contribution in [1.29, 1.82) is 0 Å². The van der Waals surface area contributed by atoms with Gasteiger partial charge in [-0.25, -0.2) is 8.78 Å². The molecule has 0 heterocycles. The van der Waals surface area contributed by atoms with E-state index in [-0.39, 0.29) is 5.75 Å². The van der Waals surface area contributed by atoms with Crippen LogP contribution in [-0.4, -0.2) is 38.7 Å². The first kappa shape index (κ1) is 15.9. The summed E-state index contributed by atoms with van der Waals surface area (Å²) in [6.07, 6.45) is 0.727. The maximum atomic E-state index is 13.7. The van der Waals surface area contributed by atoms with Crippen LogP contribution in [0.15, 0.2) is 12.1 Å². The lowest BCUT2D eigenvalue weighted by atomic mass is 10.2. The third-order valence-electron chi connectivity index (χ3n) is 2.63. The monoisotopic (exact) mass is 272 g/mol. The maximum Gasteiger partial charge on any atom is 0.190 e. The minimum atomic E-state index is -0.641. The second kappa shape index (κ2) is 8.07. The van der Waals surface area contributed by atoms with Crippen LogP contribution in [0.4, 0.5) is 8.78 Å². The van der Waals surface area contributed by atoms with E-state index in [1.54, 1.807) is 0 Å². The van der Waals surface area contributed by atoms with Gasteiger partial charge in [-0.3, -0.25) is 0 Å². The molecule has 1 N–H and O–H groups in total. The molecule has 3 nitrogen and oxygen atoms in total. The predicted molar refractivity (Wildman–Crippen MR) is 72.4 cm³/mol. The van der Waals surface area contributed by atoms with E-state index in [9.17, 15) is 8.78 Å². The molecule has 0 saturated carbocycles. The van der Waals surface area contributed by atoms with Crippen molar-refractivity contribution in [2.45, 2.75) is 19.9 Å². The summed E-state index contributed by atoms with van der Waals surface area (Å²) < 4.78 is 32.6. The van der Waals surface area contributed by atoms with Gasteiger partial charge in [0.15, 0.2) is 17.4 Å². The Morgan fingerprint density at radius 3 is 2.37 bits per heavy atom. The van der Waals surface area contributed by atoms with E-state index in [0.717, 1.165) is 19.5 Å². The number of benzene rings is 1. The Hall–Kier alpha value is -1.20. The Morgan fingerprint density at radius 2 is 1.84 bits per heavy atom. The molecular weight excluding hydrogens is 250 g/mol. The third-order valence-corrected chi connectivity index (χ3v) is 2.63. The summed E-state index contributed by atoms with van der Waals surface area (Å²) in [6, 6.07) is 2.63. The molecule has 5 heteroatoms. The number of ether oxygens (including phenoxy) is 1. The molecule has 0 atom stereocenters. The number of rotatable bonds is 8. The average Bonchev–Trinajstić information content (AvgIpc) is 2.34. The van der Waals surface area contributed by atoms with Crippen LogP contribution in [-0.2, 0) is 6.54 Å². The van der Waals surface area contributed by atoms with Gasteiger partial charge in [-0.1, -0.05) is 6.92 Å². The second-order valence-electron chi connectivity index (χ2n) is 4.67. The van der Waals surface area contributed by atoms with E-state index in [2.05, 4.69) is 5.32 Å². The first-order valence-electron chi connectivity index (χ1n) is 6.50. The lowest BCUT2D eigenvalue weighted by Crippen LogP contribution is -2.16. The Bertz CT molecular complexity index is 374. The van der Waals surface area contributed by atoms with E-state index in [4.69, 9.17) is 4.74 Å². The molecule has 108 valence electrons. The summed E-state index contributed by atoms with van der Waals surface area (Å²) >= 11 is 0. The molecule has 0 saturated heterocycles. The van der Waals surface area contributed by atoms with Crippen molar-refractivity contribution in [2.24, 2.45) is 0 Å². The minimum Gasteiger partial charge on any atom is -0.488 e. The number of hydrogen-bond acceptors (Lipinski definition) is 3. The van der Waals surface area contributed by atoms with Crippen molar-refractivity contribution in [1.82, 2.24) is 10.2 Å². The lowest BCUT2D eigenvalue weighted by Gasteiger charge is -2.12. The van der Waals surface area contributed by atoms with Gasteiger partial charge in [0.2, 0.25) is 0 Å². The second-order valence-corrected chi connectivity index (χ2v) is 4.67. The van der Waals surface area contributed by atoms with Crippen molar-refractivity contribution in [3.63, 3.8) is 0 Å². The zero-order valence-electron chi connectivity index (χ0n) is 11.8. The van der Waals surface area contributed by atoms with Gasteiger partial charge in [0.05, 0.1) is 6.61 Å². The molecular formula is C14H22F2N2O. The van der Waals surface area contributed by atoms with Crippen LogP contribution in [0.25, 0.3) is 0 Å². The van der Waals surface area contributed by atoms with E-state index in [0.29, 0.717) is 18.7 Å². The number of halogens is 2. The van der Waals surface area contributed by atoms with Crippen LogP contribution in [0.5, 0.6) is 5.75 Å². The van der Waals surface area contributed by atoms with Crippen LogP contribution in [0.2, 0.25) is 0 Å². The third kappa shape index (κ3) is 5.53. The molecule has 0 amide bonds. The van der Waals surface area contributed by atoms with Crippen LogP contribution in [0.3, 0.4) is 0 Å². The van der Waals surface area contributed by atoms with Crippen LogP contribution in [0, 0.1) is 11.6 Å². The maximum absolute atomic E-state index is 13.7. The summed E-state index contributed by atoms with van der Waals surface area (Å²) in [4.78, 5) is 2.00. The smallest absolute Gasteiger partial charge is 0.190 e. The minimum absolute atomic E-state index is 0.279. The summed E-state index contributed by atoms with van der Waals surface area (Å²) in [7, 11) is 3.88. The summed E-state index contributed by atoms with van der Waals surface area (Å²) in [6.45, 7) is 4.27. The molecule has 19 heavy (non-hydrogen) atoms. The van der Waals surface area contributed by atoms with E-state index >= 15 is 0 Å². The zero-order chi connectivity index (χ0) is 14.3. The molecule has 0 fully saturated rings. The van der Waals surface area contributed by atoms with Crippen molar-refractivity contribution in [3.8, 4) is 5.75 Å². The van der Waals surface area contributed by atoms with Gasteiger partial charge in [-0.05, 0) is 44.8 Å². The SMILES string of the molecule is CCNCc1cc(F)c(OCCCN(C)C)c(F)c1. The van der Waals surface area contributed by atoms with Crippen molar-refractivity contribution >= 4 is 0 Å². The van der Waals surface area contributed by atoms with Gasteiger partial charge in [0.1, 0.15) is 0 Å². The quantitative estimate of drug-likeness (QED) is 0.735. The molecule has 0 unspecified atom stereocenters. The Kier molecular flexibility index (Phi) is 6.73. The molecule has 0 aliphatic carbocycles. The molecule has 0 aliphatic rings. The summed E-state index contributed by atoms with van der Waals surface area (Å²) in [5.74, 6) is -1.56. The predicted octanol–water partition coefficient (Wildman–Crippen LogP) is 2.40. The molecule has 1 aromatic carbocycles. The molecule has 1 aromatic rings. The average molecular weight is 272 g/mol. The van der Waals surface area contributed by atoms with Crippen LogP contribution in [0.1, 0.15) is 18.9 Å². The van der Waals surface area contributed by atoms with Crippen LogP contribution >= 0.6 is 0 Å². The number of nitrogens with zero attached hydrogens (tertiary/aromatic N) is 1. The highest BCUT2D eigenvalue weighted by molar-refractivity contribution is 5.31. The summed E-state index contributed by atoms with van der Waals surface area (Å²) in [5, 5.41) is 3.02. The van der Waals surface area contributed by atoms with E-state index in [1.165, 1.54) is 12.1 Å². The fourth-order valence-corrected chi connectivity index (χ4v) is 1.68. The lowest BCUT2D eigenvalue weighted by molar-refractivity contribution is 0.259. The number of hydrogen-bond donors (Lipinski definition) is 1. The van der Waals surface area contributed by atoms with Gasteiger partial charge in [0, 0.05) is 13.1 Å². The first-order chi connectivity index (χ1) is 9.04. The highest BCUT2D eigenvalue weighted by Crippen LogP contribution is 2.23. The fourth-order valence-electron chi connectivity index (χ4n) is 1.68. The van der Waals surface area contributed by atoms with Gasteiger partial charge < -0.3 is 15.0 Å². The first-order valence-corrected chi connectivity index (χ1v) is 6.50. The van der Waals surface area contributed by atoms with Gasteiger partial charge in [-0.15, -0.1) is 0 Å². The molecule has 0 bridgehead atoms. The van der Waals surface area contributed by atoms with Gasteiger partial charge >= 0.3 is 0 Å². The molecule has 0 radical (unpaired) electrons. The fraction of sp³-hybridized carbons (Fsp3) is 0.571. The standard InChI is InChI=1S/C14H22F2N2O/c1-4-17-10-11-8-12(15)14(13(16)9-11)19-7-5-6-18(2)3/h8-9,17H,4-7,10H2,1-3H3. The van der Waals surface area contributed by atoms with Gasteiger partial charge in [0.25, 0.3) is 0 Å². The van der Waals surface area contributed by atoms with Crippen molar-refractivity contribution in [3.05, 3.63) is 29.3 Å². The molecule has 0 aliphatic heterocycles. The topological polar surface area (TPSA) is 24.5 Å². The number of nitrogens with one attached hydrogen (secondary N) is 1. The Balaban J connectivity index is 2.58. The molecule has 0 spiro atoms. The Morgan fingerprint density at radius 1 is 1.21 bits per heavy atom. The summed E-state index contributed by atoms with van der Waals surface area (Å²) in [5.41, 5.74) is 0.581. The zero-order valence-corrected chi connectivity index (χ0v) is 11.8. The molecule has 1 rings (SSSR count). The van der Waals surface area contributed by atoms with E-state index < -0.39 is 11.6 Å². The molecule has 0 aromatic heterocycles. The van der Waals surface area contributed by atoms with Crippen LogP contribution < -0.4 is 10.1 Å².